The van der Waals surface area contributed by atoms with Crippen molar-refractivity contribution >= 4 is 40.6 Å². The summed E-state index contributed by atoms with van der Waals surface area (Å²) in [5.74, 6) is -0.589. The fraction of sp³-hybridized carbons (Fsp3) is 0.292. The summed E-state index contributed by atoms with van der Waals surface area (Å²) < 4.78 is 43.6. The van der Waals surface area contributed by atoms with E-state index in [1.807, 2.05) is 0 Å². The van der Waals surface area contributed by atoms with Gasteiger partial charge in [-0.15, -0.1) is 0 Å². The zero-order chi connectivity index (χ0) is 24.4. The summed E-state index contributed by atoms with van der Waals surface area (Å²) in [4.78, 5) is 10.5. The monoisotopic (exact) mass is 537 g/mol. The van der Waals surface area contributed by atoms with Crippen molar-refractivity contribution in [1.29, 1.82) is 0 Å². The Morgan fingerprint density at radius 2 is 1.21 bits per heavy atom. The molecule has 2 fully saturated rings. The minimum atomic E-state index is -1.44. The molecule has 1 N–H and O–H groups in total. The average Bonchev–Trinajstić information content (AvgIpc) is 3.73. The van der Waals surface area contributed by atoms with Gasteiger partial charge in [0.1, 0.15) is 5.83 Å². The van der Waals surface area contributed by atoms with Gasteiger partial charge in [-0.3, -0.25) is 4.79 Å². The van der Waals surface area contributed by atoms with Crippen LogP contribution in [0, 0.1) is 11.8 Å². The molecule has 2 aromatic carbocycles. The maximum atomic E-state index is 13.5. The van der Waals surface area contributed by atoms with Gasteiger partial charge in [-0.1, -0.05) is 47.5 Å². The van der Waals surface area contributed by atoms with Crippen molar-refractivity contribution in [3.05, 3.63) is 81.4 Å². The third kappa shape index (κ3) is 8.76. The molecule has 0 radical (unpaired) electrons. The van der Waals surface area contributed by atoms with E-state index in [0.29, 0.717) is 21.2 Å². The van der Waals surface area contributed by atoms with E-state index in [1.54, 1.807) is 48.5 Å². The van der Waals surface area contributed by atoms with E-state index in [2.05, 4.69) is 0 Å². The van der Waals surface area contributed by atoms with Gasteiger partial charge in [0.2, 0.25) is 0 Å². The van der Waals surface area contributed by atoms with Crippen molar-refractivity contribution in [3.63, 3.8) is 0 Å². The zero-order valence-electron chi connectivity index (χ0n) is 17.4. The Balaban J connectivity index is 0.000000209. The number of aldehydes is 1. The van der Waals surface area contributed by atoms with Crippen LogP contribution in [0.2, 0.25) is 10.0 Å². The van der Waals surface area contributed by atoms with Crippen LogP contribution in [-0.2, 0) is 27.3 Å². The van der Waals surface area contributed by atoms with Crippen LogP contribution in [0.5, 0.6) is 0 Å². The Labute approximate surface area is 206 Å². The molecule has 9 heteroatoms. The Hall–Kier alpha value is -1.89. The molecule has 0 atom stereocenters. The second-order valence-corrected chi connectivity index (χ2v) is 8.55. The summed E-state index contributed by atoms with van der Waals surface area (Å²) >= 11 is 10.1. The third-order valence-electron chi connectivity index (χ3n) is 5.07. The Bertz CT molecular complexity index is 1040. The van der Waals surface area contributed by atoms with Gasteiger partial charge < -0.3 is 5.11 Å². The van der Waals surface area contributed by atoms with Gasteiger partial charge in [-0.05, 0) is 78.5 Å². The molecule has 2 saturated carbocycles. The topological polar surface area (TPSA) is 71.4 Å². The van der Waals surface area contributed by atoms with Crippen LogP contribution < -0.4 is 0 Å². The Morgan fingerprint density at radius 3 is 1.55 bits per heavy atom. The van der Waals surface area contributed by atoms with Crippen molar-refractivity contribution in [2.75, 3.05) is 6.61 Å². The molecule has 4 rings (SSSR count). The van der Waals surface area contributed by atoms with Crippen molar-refractivity contribution in [3.8, 4) is 0 Å². The van der Waals surface area contributed by atoms with Crippen LogP contribution >= 0.6 is 23.2 Å². The van der Waals surface area contributed by atoms with E-state index < -0.39 is 33.1 Å². The number of carbonyl (C=O) groups is 1. The fourth-order valence-electron chi connectivity index (χ4n) is 3.33. The maximum absolute atomic E-state index is 13.5. The summed E-state index contributed by atoms with van der Waals surface area (Å²) in [6.45, 7) is -0.519. The van der Waals surface area contributed by atoms with E-state index in [1.165, 1.54) is 0 Å². The quantitative estimate of drug-likeness (QED) is 0.249. The standard InChI is InChI=1S/C12H12ClFO.C12H10ClFO.Mn.2O/c2*13-10-5-3-9(4-6-10)12(8-1-2-8)11(14)7-15;;;/h3-6,8,15H,1-2,7H2;3-8H,1-2H2;;;. The first-order valence-electron chi connectivity index (χ1n) is 10.1. The van der Waals surface area contributed by atoms with Gasteiger partial charge in [0.25, 0.3) is 0 Å². The first kappa shape index (κ1) is 27.4. The van der Waals surface area contributed by atoms with Crippen LogP contribution in [0.4, 0.5) is 8.78 Å². The SMILES string of the molecule is O=CC(F)=C(c1ccc(Cl)cc1)C1CC1.OCC(F)=C(c1ccc(Cl)cc1)C1CC1.[O]=[Mn]=[O]. The van der Waals surface area contributed by atoms with Crippen molar-refractivity contribution < 1.29 is 41.2 Å². The molecule has 4 nitrogen and oxygen atoms in total. The number of aliphatic hydroxyl groups excluding tert-OH is 1. The van der Waals surface area contributed by atoms with E-state index in [4.69, 9.17) is 36.0 Å². The van der Waals surface area contributed by atoms with Crippen molar-refractivity contribution in [2.24, 2.45) is 11.8 Å². The molecule has 0 aromatic heterocycles. The van der Waals surface area contributed by atoms with Gasteiger partial charge in [-0.25, -0.2) is 8.78 Å². The molecule has 0 saturated heterocycles. The molecule has 33 heavy (non-hydrogen) atoms. The fourth-order valence-corrected chi connectivity index (χ4v) is 3.59. The molecule has 0 unspecified atom stereocenters. The number of aliphatic hydroxyl groups is 1. The van der Waals surface area contributed by atoms with Gasteiger partial charge in [0, 0.05) is 15.6 Å². The second kappa shape index (κ2) is 13.7. The average molecular weight is 538 g/mol. The van der Waals surface area contributed by atoms with Crippen LogP contribution in [0.1, 0.15) is 36.8 Å². The molecular formula is C24H22Cl2F2MnO4. The zero-order valence-corrected chi connectivity index (χ0v) is 20.1. The van der Waals surface area contributed by atoms with Gasteiger partial charge in [-0.2, -0.15) is 0 Å². The molecule has 2 aliphatic carbocycles. The van der Waals surface area contributed by atoms with Crippen LogP contribution in [0.3, 0.4) is 0 Å². The number of halogens is 4. The molecule has 0 amide bonds. The molecule has 2 aliphatic rings. The number of hydrogen-bond donors (Lipinski definition) is 1. The van der Waals surface area contributed by atoms with E-state index in [9.17, 15) is 13.6 Å². The van der Waals surface area contributed by atoms with Crippen LogP contribution in [0.15, 0.2) is 60.2 Å². The predicted octanol–water partition coefficient (Wildman–Crippen LogP) is 6.81. The Morgan fingerprint density at radius 1 is 0.848 bits per heavy atom. The number of allylic oxidation sites excluding steroid dienone is 3. The first-order valence-corrected chi connectivity index (χ1v) is 11.8. The number of carbonyl (C=O) groups excluding carboxylic acids is 1. The minimum absolute atomic E-state index is 0.205. The first-order chi connectivity index (χ1) is 15.9. The molecule has 177 valence electrons. The van der Waals surface area contributed by atoms with Crippen molar-refractivity contribution in [2.45, 2.75) is 25.7 Å². The van der Waals surface area contributed by atoms with E-state index in [0.717, 1.165) is 36.8 Å². The Kier molecular flexibility index (Phi) is 11.4. The summed E-state index contributed by atoms with van der Waals surface area (Å²) in [6.07, 6.45) is 4.21. The van der Waals surface area contributed by atoms with Crippen LogP contribution in [-0.4, -0.2) is 18.0 Å². The third-order valence-corrected chi connectivity index (χ3v) is 5.58. The van der Waals surface area contributed by atoms with E-state index >= 15 is 0 Å². The summed E-state index contributed by atoms with van der Waals surface area (Å²) in [6, 6.07) is 14.0. The summed E-state index contributed by atoms with van der Waals surface area (Å²) in [5.41, 5.74) is 2.76. The normalized spacial score (nSPS) is 16.2. The summed E-state index contributed by atoms with van der Waals surface area (Å²) in [5, 5.41) is 10.1. The van der Waals surface area contributed by atoms with Crippen molar-refractivity contribution in [1.82, 2.24) is 0 Å². The second-order valence-electron chi connectivity index (χ2n) is 7.48. The molecule has 0 bridgehead atoms. The van der Waals surface area contributed by atoms with Crippen LogP contribution in [0.25, 0.3) is 11.1 Å². The van der Waals surface area contributed by atoms with Gasteiger partial charge in [0.15, 0.2) is 12.1 Å². The van der Waals surface area contributed by atoms with Gasteiger partial charge >= 0.3 is 22.5 Å². The predicted molar refractivity (Wildman–Crippen MR) is 119 cm³/mol. The summed E-state index contributed by atoms with van der Waals surface area (Å²) in [7, 11) is 0. The van der Waals surface area contributed by atoms with E-state index in [-0.39, 0.29) is 18.1 Å². The number of hydrogen-bond acceptors (Lipinski definition) is 4. The molecule has 0 aliphatic heterocycles. The molecule has 2 aromatic rings. The number of rotatable bonds is 6. The molecule has 0 spiro atoms. The molecule has 0 heterocycles. The molecular weight excluding hydrogens is 516 g/mol. The number of benzene rings is 2. The van der Waals surface area contributed by atoms with Gasteiger partial charge in [0.05, 0.1) is 6.61 Å².